The van der Waals surface area contributed by atoms with Gasteiger partial charge in [0, 0.05) is 43.1 Å². The normalized spacial score (nSPS) is 11.1. The summed E-state index contributed by atoms with van der Waals surface area (Å²) < 4.78 is 0. The fraction of sp³-hybridized carbons (Fsp3) is 0.385. The van der Waals surface area contributed by atoms with E-state index < -0.39 is 0 Å². The Morgan fingerprint density at radius 2 is 2.22 bits per heavy atom. The fourth-order valence-corrected chi connectivity index (χ4v) is 2.64. The summed E-state index contributed by atoms with van der Waals surface area (Å²) in [6, 6.07) is 3.98. The minimum absolute atomic E-state index is 0.165. The highest BCUT2D eigenvalue weighted by Crippen LogP contribution is 2.15. The number of hydrogen-bond donors (Lipinski definition) is 1. The molecule has 0 aliphatic rings. The Hall–Kier alpha value is -1.30. The van der Waals surface area contributed by atoms with Crippen molar-refractivity contribution in [3.8, 4) is 0 Å². The molecule has 2 rings (SSSR count). The SMILES string of the molecule is Cc1ncc(CN(CCO)Cc2cccnc2)s1. The van der Waals surface area contributed by atoms with Crippen LogP contribution in [0.2, 0.25) is 0 Å². The molecule has 0 aliphatic heterocycles. The minimum atomic E-state index is 0.165. The van der Waals surface area contributed by atoms with Crippen LogP contribution in [0.5, 0.6) is 0 Å². The van der Waals surface area contributed by atoms with Gasteiger partial charge in [-0.05, 0) is 18.6 Å². The molecule has 4 nitrogen and oxygen atoms in total. The molecule has 0 amide bonds. The Bertz CT molecular complexity index is 472. The molecule has 0 unspecified atom stereocenters. The van der Waals surface area contributed by atoms with Crippen LogP contribution in [0.3, 0.4) is 0 Å². The number of pyridine rings is 1. The molecule has 1 N–H and O–H groups in total. The second-order valence-corrected chi connectivity index (χ2v) is 5.46. The highest BCUT2D eigenvalue weighted by atomic mass is 32.1. The van der Waals surface area contributed by atoms with E-state index in [0.717, 1.165) is 23.7 Å². The molecule has 2 heterocycles. The molecule has 0 aliphatic carbocycles. The van der Waals surface area contributed by atoms with Gasteiger partial charge in [0.25, 0.3) is 0 Å². The van der Waals surface area contributed by atoms with Crippen molar-refractivity contribution < 1.29 is 5.11 Å². The lowest BCUT2D eigenvalue weighted by atomic mass is 10.2. The van der Waals surface area contributed by atoms with E-state index in [0.29, 0.717) is 6.54 Å². The van der Waals surface area contributed by atoms with Gasteiger partial charge in [0.15, 0.2) is 0 Å². The predicted octanol–water partition coefficient (Wildman–Crippen LogP) is 1.84. The standard InChI is InChI=1S/C13H17N3OS/c1-11-15-8-13(18-11)10-16(5-6-17)9-12-3-2-4-14-7-12/h2-4,7-8,17H,5-6,9-10H2,1H3. The first-order valence-electron chi connectivity index (χ1n) is 5.91. The van der Waals surface area contributed by atoms with Crippen LogP contribution in [0.1, 0.15) is 15.4 Å². The van der Waals surface area contributed by atoms with Crippen molar-refractivity contribution in [2.24, 2.45) is 0 Å². The summed E-state index contributed by atoms with van der Waals surface area (Å²) in [4.78, 5) is 11.8. The third kappa shape index (κ3) is 3.87. The second kappa shape index (κ2) is 6.58. The van der Waals surface area contributed by atoms with Crippen LogP contribution < -0.4 is 0 Å². The molecule has 0 aromatic carbocycles. The Balaban J connectivity index is 1.99. The molecule has 0 atom stereocenters. The van der Waals surface area contributed by atoms with Crippen molar-refractivity contribution >= 4 is 11.3 Å². The molecule has 18 heavy (non-hydrogen) atoms. The van der Waals surface area contributed by atoms with Gasteiger partial charge in [-0.2, -0.15) is 0 Å². The van der Waals surface area contributed by atoms with Crippen molar-refractivity contribution in [1.29, 1.82) is 0 Å². The third-order valence-corrected chi connectivity index (χ3v) is 3.49. The molecule has 0 radical (unpaired) electrons. The van der Waals surface area contributed by atoms with Gasteiger partial charge in [-0.15, -0.1) is 11.3 Å². The quantitative estimate of drug-likeness (QED) is 0.864. The van der Waals surface area contributed by atoms with Crippen LogP contribution in [-0.4, -0.2) is 33.1 Å². The molecule has 0 saturated heterocycles. The Labute approximate surface area is 111 Å². The van der Waals surface area contributed by atoms with Gasteiger partial charge in [-0.25, -0.2) is 4.98 Å². The Morgan fingerprint density at radius 1 is 1.33 bits per heavy atom. The van der Waals surface area contributed by atoms with E-state index in [1.165, 1.54) is 4.88 Å². The first-order valence-corrected chi connectivity index (χ1v) is 6.73. The molecule has 2 aromatic heterocycles. The first kappa shape index (κ1) is 13.1. The van der Waals surface area contributed by atoms with Crippen LogP contribution in [0.15, 0.2) is 30.7 Å². The zero-order valence-corrected chi connectivity index (χ0v) is 11.2. The average molecular weight is 263 g/mol. The maximum Gasteiger partial charge on any atom is 0.0897 e. The lowest BCUT2D eigenvalue weighted by Gasteiger charge is -2.20. The molecule has 0 spiro atoms. The van der Waals surface area contributed by atoms with E-state index in [1.807, 2.05) is 25.4 Å². The van der Waals surface area contributed by atoms with Gasteiger partial charge < -0.3 is 5.11 Å². The van der Waals surface area contributed by atoms with Crippen LogP contribution in [0, 0.1) is 6.92 Å². The summed E-state index contributed by atoms with van der Waals surface area (Å²) in [7, 11) is 0. The molecule has 0 bridgehead atoms. The summed E-state index contributed by atoms with van der Waals surface area (Å²) in [5, 5.41) is 10.2. The van der Waals surface area contributed by atoms with Crippen molar-refractivity contribution in [2.75, 3.05) is 13.2 Å². The maximum absolute atomic E-state index is 9.13. The topological polar surface area (TPSA) is 49.2 Å². The van der Waals surface area contributed by atoms with Crippen LogP contribution >= 0.6 is 11.3 Å². The van der Waals surface area contributed by atoms with E-state index in [4.69, 9.17) is 5.11 Å². The summed E-state index contributed by atoms with van der Waals surface area (Å²) in [6.45, 7) is 4.45. The number of thiazole rings is 1. The van der Waals surface area contributed by atoms with Gasteiger partial charge in [-0.1, -0.05) is 6.07 Å². The summed E-state index contributed by atoms with van der Waals surface area (Å²) in [5.41, 5.74) is 1.16. The molecular formula is C13H17N3OS. The maximum atomic E-state index is 9.13. The van der Waals surface area contributed by atoms with Gasteiger partial charge in [0.2, 0.25) is 0 Å². The molecule has 0 fully saturated rings. The number of rotatable bonds is 6. The van der Waals surface area contributed by atoms with Crippen LogP contribution in [0.4, 0.5) is 0 Å². The smallest absolute Gasteiger partial charge is 0.0897 e. The largest absolute Gasteiger partial charge is 0.395 e. The van der Waals surface area contributed by atoms with Gasteiger partial charge >= 0.3 is 0 Å². The fourth-order valence-electron chi connectivity index (χ4n) is 1.80. The van der Waals surface area contributed by atoms with E-state index in [1.54, 1.807) is 17.5 Å². The molecule has 0 saturated carbocycles. The van der Waals surface area contributed by atoms with Crippen LogP contribution in [-0.2, 0) is 13.1 Å². The van der Waals surface area contributed by atoms with E-state index in [-0.39, 0.29) is 6.61 Å². The second-order valence-electron chi connectivity index (χ2n) is 4.14. The van der Waals surface area contributed by atoms with Gasteiger partial charge in [0.05, 0.1) is 11.6 Å². The number of aryl methyl sites for hydroxylation is 1. The van der Waals surface area contributed by atoms with Crippen LogP contribution in [0.25, 0.3) is 0 Å². The Kier molecular flexibility index (Phi) is 4.81. The predicted molar refractivity (Wildman–Crippen MR) is 72.3 cm³/mol. The zero-order valence-electron chi connectivity index (χ0n) is 10.4. The van der Waals surface area contributed by atoms with Gasteiger partial charge in [0.1, 0.15) is 0 Å². The third-order valence-electron chi connectivity index (χ3n) is 2.59. The Morgan fingerprint density at radius 3 is 2.83 bits per heavy atom. The summed E-state index contributed by atoms with van der Waals surface area (Å²) >= 11 is 1.70. The van der Waals surface area contributed by atoms with Gasteiger partial charge in [-0.3, -0.25) is 9.88 Å². The minimum Gasteiger partial charge on any atom is -0.395 e. The monoisotopic (exact) mass is 263 g/mol. The average Bonchev–Trinajstić information content (AvgIpc) is 2.76. The van der Waals surface area contributed by atoms with Crippen molar-refractivity contribution in [3.63, 3.8) is 0 Å². The van der Waals surface area contributed by atoms with Crippen molar-refractivity contribution in [3.05, 3.63) is 46.2 Å². The first-order chi connectivity index (χ1) is 8.78. The molecule has 5 heteroatoms. The lowest BCUT2D eigenvalue weighted by molar-refractivity contribution is 0.185. The highest BCUT2D eigenvalue weighted by molar-refractivity contribution is 7.11. The lowest BCUT2D eigenvalue weighted by Crippen LogP contribution is -2.25. The van der Waals surface area contributed by atoms with E-state index in [2.05, 4.69) is 20.9 Å². The number of hydrogen-bond acceptors (Lipinski definition) is 5. The number of aromatic nitrogens is 2. The molecule has 2 aromatic rings. The number of aliphatic hydroxyl groups is 1. The molecule has 96 valence electrons. The summed E-state index contributed by atoms with van der Waals surface area (Å²) in [5.74, 6) is 0. The number of nitrogens with zero attached hydrogens (tertiary/aromatic N) is 3. The molecular weight excluding hydrogens is 246 g/mol. The van der Waals surface area contributed by atoms with E-state index in [9.17, 15) is 0 Å². The van der Waals surface area contributed by atoms with Crippen molar-refractivity contribution in [1.82, 2.24) is 14.9 Å². The summed E-state index contributed by atoms with van der Waals surface area (Å²) in [6.07, 6.45) is 5.54. The van der Waals surface area contributed by atoms with E-state index >= 15 is 0 Å². The highest BCUT2D eigenvalue weighted by Gasteiger charge is 2.08. The zero-order chi connectivity index (χ0) is 12.8. The number of aliphatic hydroxyl groups excluding tert-OH is 1. The van der Waals surface area contributed by atoms with Crippen molar-refractivity contribution in [2.45, 2.75) is 20.0 Å².